The first-order valence-electron chi connectivity index (χ1n) is 9.48. The van der Waals surface area contributed by atoms with Gasteiger partial charge < -0.3 is 9.80 Å². The number of hydrogen-bond acceptors (Lipinski definition) is 5. The summed E-state index contributed by atoms with van der Waals surface area (Å²) in [5, 5.41) is 1.77. The number of fused-ring (bicyclic) bond motifs is 1. The van der Waals surface area contributed by atoms with E-state index in [4.69, 9.17) is 4.99 Å². The van der Waals surface area contributed by atoms with Crippen molar-refractivity contribution >= 4 is 22.6 Å². The molecule has 2 aromatic rings. The fraction of sp³-hybridized carbons (Fsp3) is 0.429. The van der Waals surface area contributed by atoms with Gasteiger partial charge in [-0.05, 0) is 43.7 Å². The second-order valence-electron chi connectivity index (χ2n) is 6.90. The molecule has 1 aromatic carbocycles. The third-order valence-corrected chi connectivity index (χ3v) is 6.35. The summed E-state index contributed by atoms with van der Waals surface area (Å²) in [4.78, 5) is 14.5. The van der Waals surface area contributed by atoms with Gasteiger partial charge in [-0.1, -0.05) is 36.9 Å². The number of aliphatic imine (C=N–C) groups is 1. The van der Waals surface area contributed by atoms with Crippen LogP contribution in [0.1, 0.15) is 44.1 Å². The largest absolute Gasteiger partial charge is 0.372 e. The number of hydrogen-bond donors (Lipinski definition) is 0. The Hall–Kier alpha value is -2.01. The zero-order chi connectivity index (χ0) is 18.1. The first kappa shape index (κ1) is 17.4. The lowest BCUT2D eigenvalue weighted by Gasteiger charge is -2.28. The highest BCUT2D eigenvalue weighted by molar-refractivity contribution is 8.14. The van der Waals surface area contributed by atoms with E-state index in [-0.39, 0.29) is 12.1 Å². The average molecular weight is 367 g/mol. The van der Waals surface area contributed by atoms with Crippen molar-refractivity contribution < 1.29 is 0 Å². The van der Waals surface area contributed by atoms with Gasteiger partial charge in [0.1, 0.15) is 6.04 Å². The molecule has 0 aliphatic carbocycles. The van der Waals surface area contributed by atoms with Gasteiger partial charge >= 0.3 is 0 Å². The Morgan fingerprint density at radius 2 is 1.88 bits per heavy atom. The standard InChI is InChI=1S/C21H26N4S/c1-4-24(5-2)17-11-9-16(10-12-17)20-19(18-8-6-7-13-22-18)23-21-25(20)14-15(3)26-21/h6-13,15,19-20H,4-5,14H2,1-3H3/t15-,19+,20+/m0/s1. The summed E-state index contributed by atoms with van der Waals surface area (Å²) in [6.45, 7) is 9.80. The summed E-state index contributed by atoms with van der Waals surface area (Å²) in [7, 11) is 0. The number of anilines is 1. The van der Waals surface area contributed by atoms with Gasteiger partial charge in [0.05, 0.1) is 11.7 Å². The summed E-state index contributed by atoms with van der Waals surface area (Å²) in [5.41, 5.74) is 3.67. The molecular weight excluding hydrogens is 340 g/mol. The molecule has 0 saturated carbocycles. The van der Waals surface area contributed by atoms with E-state index in [0.717, 1.165) is 25.3 Å². The fourth-order valence-corrected chi connectivity index (χ4v) is 5.04. The number of thioether (sulfide) groups is 1. The molecule has 0 bridgehead atoms. The van der Waals surface area contributed by atoms with Crippen LogP contribution in [-0.2, 0) is 0 Å². The van der Waals surface area contributed by atoms with Crippen LogP contribution in [0.5, 0.6) is 0 Å². The Kier molecular flexibility index (Phi) is 4.90. The molecule has 1 saturated heterocycles. The minimum absolute atomic E-state index is 0.0745. The molecule has 26 heavy (non-hydrogen) atoms. The summed E-state index contributed by atoms with van der Waals surface area (Å²) in [5.74, 6) is 0. The number of amidine groups is 1. The zero-order valence-electron chi connectivity index (χ0n) is 15.7. The zero-order valence-corrected chi connectivity index (χ0v) is 16.5. The molecule has 2 aliphatic heterocycles. The van der Waals surface area contributed by atoms with Gasteiger partial charge in [0.15, 0.2) is 5.17 Å². The maximum absolute atomic E-state index is 5.05. The van der Waals surface area contributed by atoms with Crippen molar-refractivity contribution in [3.8, 4) is 0 Å². The van der Waals surface area contributed by atoms with Crippen molar-refractivity contribution in [3.63, 3.8) is 0 Å². The van der Waals surface area contributed by atoms with Gasteiger partial charge in [-0.3, -0.25) is 9.98 Å². The van der Waals surface area contributed by atoms with Crippen molar-refractivity contribution in [2.45, 2.75) is 38.1 Å². The predicted octanol–water partition coefficient (Wildman–Crippen LogP) is 4.52. The number of nitrogens with zero attached hydrogens (tertiary/aromatic N) is 4. The van der Waals surface area contributed by atoms with Gasteiger partial charge in [0.2, 0.25) is 0 Å². The van der Waals surface area contributed by atoms with E-state index in [1.54, 1.807) is 0 Å². The lowest BCUT2D eigenvalue weighted by atomic mass is 9.96. The SMILES string of the molecule is CCN(CC)c1ccc([C@@H]2[C@@H](c3ccccn3)N=C3S[C@@H](C)CN32)cc1. The molecule has 5 heteroatoms. The third-order valence-electron chi connectivity index (χ3n) is 5.24. The first-order valence-corrected chi connectivity index (χ1v) is 10.4. The normalized spacial score (nSPS) is 24.5. The van der Waals surface area contributed by atoms with E-state index in [0.29, 0.717) is 5.25 Å². The number of benzene rings is 1. The molecule has 0 N–H and O–H groups in total. The number of rotatable bonds is 5. The van der Waals surface area contributed by atoms with Crippen LogP contribution in [0.4, 0.5) is 5.69 Å². The van der Waals surface area contributed by atoms with Crippen molar-refractivity contribution in [3.05, 3.63) is 59.9 Å². The lowest BCUT2D eigenvalue weighted by molar-refractivity contribution is 0.321. The van der Waals surface area contributed by atoms with Crippen LogP contribution in [0.2, 0.25) is 0 Å². The minimum Gasteiger partial charge on any atom is -0.372 e. The summed E-state index contributed by atoms with van der Waals surface area (Å²) in [6, 6.07) is 15.5. The molecule has 3 atom stereocenters. The molecule has 3 heterocycles. The van der Waals surface area contributed by atoms with Gasteiger partial charge in [-0.25, -0.2) is 0 Å². The molecule has 0 unspecified atom stereocenters. The van der Waals surface area contributed by atoms with E-state index in [2.05, 4.69) is 72.0 Å². The highest BCUT2D eigenvalue weighted by atomic mass is 32.2. The van der Waals surface area contributed by atoms with Crippen molar-refractivity contribution in [1.29, 1.82) is 0 Å². The molecular formula is C21H26N4S. The molecule has 0 amide bonds. The van der Waals surface area contributed by atoms with Crippen LogP contribution in [0.25, 0.3) is 0 Å². The lowest BCUT2D eigenvalue weighted by Crippen LogP contribution is -2.28. The van der Waals surface area contributed by atoms with Crippen LogP contribution in [-0.4, -0.2) is 39.9 Å². The summed E-state index contributed by atoms with van der Waals surface area (Å²) < 4.78 is 0. The molecule has 4 rings (SSSR count). The Morgan fingerprint density at radius 3 is 2.54 bits per heavy atom. The second kappa shape index (κ2) is 7.31. The molecule has 1 aromatic heterocycles. The van der Waals surface area contributed by atoms with Gasteiger partial charge in [0, 0.05) is 36.8 Å². The highest BCUT2D eigenvalue weighted by Crippen LogP contribution is 2.47. The van der Waals surface area contributed by atoms with Gasteiger partial charge in [-0.2, -0.15) is 0 Å². The van der Waals surface area contributed by atoms with Crippen LogP contribution < -0.4 is 4.90 Å². The van der Waals surface area contributed by atoms with Crippen molar-refractivity contribution in [1.82, 2.24) is 9.88 Å². The van der Waals surface area contributed by atoms with Crippen LogP contribution >= 0.6 is 11.8 Å². The topological polar surface area (TPSA) is 31.7 Å². The molecule has 2 aliphatic rings. The van der Waals surface area contributed by atoms with E-state index in [1.165, 1.54) is 16.4 Å². The summed E-state index contributed by atoms with van der Waals surface area (Å²) >= 11 is 1.89. The quantitative estimate of drug-likeness (QED) is 0.779. The van der Waals surface area contributed by atoms with E-state index < -0.39 is 0 Å². The van der Waals surface area contributed by atoms with Crippen molar-refractivity contribution in [2.24, 2.45) is 4.99 Å². The minimum atomic E-state index is 0.0745. The van der Waals surface area contributed by atoms with Crippen LogP contribution in [0.15, 0.2) is 53.7 Å². The Morgan fingerprint density at radius 1 is 1.12 bits per heavy atom. The maximum Gasteiger partial charge on any atom is 0.160 e. The van der Waals surface area contributed by atoms with Crippen LogP contribution in [0, 0.1) is 0 Å². The predicted molar refractivity (Wildman–Crippen MR) is 111 cm³/mol. The number of pyridine rings is 1. The van der Waals surface area contributed by atoms with Gasteiger partial charge in [0.25, 0.3) is 0 Å². The third kappa shape index (κ3) is 3.09. The Bertz CT molecular complexity index is 770. The smallest absolute Gasteiger partial charge is 0.160 e. The van der Waals surface area contributed by atoms with E-state index >= 15 is 0 Å². The second-order valence-corrected chi connectivity index (χ2v) is 8.31. The maximum atomic E-state index is 5.05. The first-order chi connectivity index (χ1) is 12.7. The Labute approximate surface area is 160 Å². The molecule has 0 spiro atoms. The highest BCUT2D eigenvalue weighted by Gasteiger charge is 2.43. The van der Waals surface area contributed by atoms with E-state index in [1.807, 2.05) is 24.0 Å². The van der Waals surface area contributed by atoms with Crippen molar-refractivity contribution in [2.75, 3.05) is 24.5 Å². The molecule has 4 nitrogen and oxygen atoms in total. The fourth-order valence-electron chi connectivity index (χ4n) is 3.95. The Balaban J connectivity index is 1.68. The molecule has 1 fully saturated rings. The van der Waals surface area contributed by atoms with Gasteiger partial charge in [-0.15, -0.1) is 0 Å². The summed E-state index contributed by atoms with van der Waals surface area (Å²) in [6.07, 6.45) is 1.87. The van der Waals surface area contributed by atoms with E-state index in [9.17, 15) is 0 Å². The average Bonchev–Trinajstić information content (AvgIpc) is 3.20. The monoisotopic (exact) mass is 366 g/mol. The molecule has 136 valence electrons. The number of aromatic nitrogens is 1. The molecule has 0 radical (unpaired) electrons. The van der Waals surface area contributed by atoms with Crippen LogP contribution in [0.3, 0.4) is 0 Å².